The second kappa shape index (κ2) is 8.03. The Morgan fingerprint density at radius 2 is 2.12 bits per heavy atom. The lowest BCUT2D eigenvalue weighted by molar-refractivity contribution is 0.0953. The van der Waals surface area contributed by atoms with Crippen LogP contribution in [0.15, 0.2) is 18.5 Å². The van der Waals surface area contributed by atoms with Gasteiger partial charge in [-0.1, -0.05) is 24.4 Å². The molecule has 94 valence electrons. The molecular formula is C12H17ClN2O2. The molecule has 0 saturated carbocycles. The average Bonchev–Trinajstić information content (AvgIpc) is 2.34. The Morgan fingerprint density at radius 3 is 2.82 bits per heavy atom. The lowest BCUT2D eigenvalue weighted by Crippen LogP contribution is -2.24. The van der Waals surface area contributed by atoms with Gasteiger partial charge in [0, 0.05) is 25.5 Å². The van der Waals surface area contributed by atoms with Crippen molar-refractivity contribution in [1.29, 1.82) is 0 Å². The summed E-state index contributed by atoms with van der Waals surface area (Å²) in [6, 6.07) is 1.60. The van der Waals surface area contributed by atoms with Gasteiger partial charge in [0.15, 0.2) is 0 Å². The van der Waals surface area contributed by atoms with Crippen LogP contribution in [-0.2, 0) is 0 Å². The molecule has 2 N–H and O–H groups in total. The van der Waals surface area contributed by atoms with E-state index >= 15 is 0 Å². The number of aliphatic hydroxyl groups is 1. The molecule has 0 unspecified atom stereocenters. The maximum atomic E-state index is 11.7. The molecule has 1 rings (SSSR count). The lowest BCUT2D eigenvalue weighted by atomic mass is 10.2. The molecule has 0 radical (unpaired) electrons. The summed E-state index contributed by atoms with van der Waals surface area (Å²) in [4.78, 5) is 15.5. The van der Waals surface area contributed by atoms with Gasteiger partial charge >= 0.3 is 0 Å². The lowest BCUT2D eigenvalue weighted by Gasteiger charge is -2.05. The maximum absolute atomic E-state index is 11.7. The molecule has 0 saturated heterocycles. The second-order valence-corrected chi connectivity index (χ2v) is 4.16. The molecule has 1 amide bonds. The molecule has 1 heterocycles. The molecule has 0 bridgehead atoms. The van der Waals surface area contributed by atoms with Crippen LogP contribution in [0.3, 0.4) is 0 Å². The van der Waals surface area contributed by atoms with Crippen LogP contribution in [0.2, 0.25) is 5.02 Å². The molecule has 0 spiro atoms. The van der Waals surface area contributed by atoms with Crippen LogP contribution < -0.4 is 5.32 Å². The molecule has 17 heavy (non-hydrogen) atoms. The molecule has 0 aliphatic carbocycles. The van der Waals surface area contributed by atoms with Crippen molar-refractivity contribution in [3.05, 3.63) is 29.0 Å². The number of pyridine rings is 1. The number of unbranched alkanes of at least 4 members (excludes halogenated alkanes) is 3. The van der Waals surface area contributed by atoms with Crippen LogP contribution in [-0.4, -0.2) is 29.1 Å². The van der Waals surface area contributed by atoms with Gasteiger partial charge in [-0.3, -0.25) is 9.78 Å². The van der Waals surface area contributed by atoms with Gasteiger partial charge < -0.3 is 10.4 Å². The quantitative estimate of drug-likeness (QED) is 0.734. The smallest absolute Gasteiger partial charge is 0.252 e. The van der Waals surface area contributed by atoms with Crippen LogP contribution in [0, 0.1) is 0 Å². The predicted octanol–water partition coefficient (Wildman–Crippen LogP) is 2.02. The summed E-state index contributed by atoms with van der Waals surface area (Å²) in [6.07, 6.45) is 6.73. The Morgan fingerprint density at radius 1 is 1.35 bits per heavy atom. The summed E-state index contributed by atoms with van der Waals surface area (Å²) in [5.41, 5.74) is 0.456. The van der Waals surface area contributed by atoms with Crippen molar-refractivity contribution in [3.63, 3.8) is 0 Å². The summed E-state index contributed by atoms with van der Waals surface area (Å²) in [6.45, 7) is 0.863. The zero-order valence-electron chi connectivity index (χ0n) is 9.66. The summed E-state index contributed by atoms with van der Waals surface area (Å²) < 4.78 is 0. The van der Waals surface area contributed by atoms with Crippen molar-refractivity contribution >= 4 is 17.5 Å². The van der Waals surface area contributed by atoms with Crippen LogP contribution in [0.4, 0.5) is 0 Å². The van der Waals surface area contributed by atoms with Crippen molar-refractivity contribution in [1.82, 2.24) is 10.3 Å². The van der Waals surface area contributed by atoms with Gasteiger partial charge in [0.05, 0.1) is 10.6 Å². The first-order chi connectivity index (χ1) is 8.25. The van der Waals surface area contributed by atoms with E-state index in [1.807, 2.05) is 0 Å². The molecular weight excluding hydrogens is 240 g/mol. The number of aromatic nitrogens is 1. The Hall–Kier alpha value is -1.13. The van der Waals surface area contributed by atoms with Crippen molar-refractivity contribution in [2.45, 2.75) is 25.7 Å². The van der Waals surface area contributed by atoms with Gasteiger partial charge in [-0.05, 0) is 18.9 Å². The Labute approximate surface area is 106 Å². The Bertz CT molecular complexity index is 358. The van der Waals surface area contributed by atoms with Gasteiger partial charge in [0.25, 0.3) is 5.91 Å². The highest BCUT2D eigenvalue weighted by atomic mass is 35.5. The third-order valence-corrected chi connectivity index (χ3v) is 2.69. The first-order valence-corrected chi connectivity index (χ1v) is 6.12. The van der Waals surface area contributed by atoms with Crippen molar-refractivity contribution in [3.8, 4) is 0 Å². The molecule has 1 aromatic heterocycles. The van der Waals surface area contributed by atoms with Crippen LogP contribution in [0.1, 0.15) is 36.0 Å². The zero-order chi connectivity index (χ0) is 12.5. The minimum atomic E-state index is -0.167. The van der Waals surface area contributed by atoms with Gasteiger partial charge in [-0.25, -0.2) is 0 Å². The monoisotopic (exact) mass is 256 g/mol. The van der Waals surface area contributed by atoms with E-state index < -0.39 is 0 Å². The van der Waals surface area contributed by atoms with E-state index in [4.69, 9.17) is 16.7 Å². The summed E-state index contributed by atoms with van der Waals surface area (Å²) in [5.74, 6) is -0.167. The third kappa shape index (κ3) is 5.15. The highest BCUT2D eigenvalue weighted by Gasteiger charge is 2.08. The molecule has 0 aliphatic rings. The number of amides is 1. The Balaban J connectivity index is 2.24. The second-order valence-electron chi connectivity index (χ2n) is 3.75. The largest absolute Gasteiger partial charge is 0.396 e. The van der Waals surface area contributed by atoms with E-state index in [9.17, 15) is 4.79 Å². The minimum absolute atomic E-state index is 0.167. The fraction of sp³-hybridized carbons (Fsp3) is 0.500. The number of rotatable bonds is 7. The number of hydrogen-bond acceptors (Lipinski definition) is 3. The molecule has 0 fully saturated rings. The normalized spacial score (nSPS) is 10.2. The SMILES string of the molecule is O=C(NCCCCCCO)c1ccncc1Cl. The van der Waals surface area contributed by atoms with E-state index in [2.05, 4.69) is 10.3 Å². The van der Waals surface area contributed by atoms with E-state index in [0.717, 1.165) is 25.7 Å². The number of carbonyl (C=O) groups is 1. The fourth-order valence-electron chi connectivity index (χ4n) is 1.45. The zero-order valence-corrected chi connectivity index (χ0v) is 10.4. The molecule has 0 atom stereocenters. The van der Waals surface area contributed by atoms with Crippen molar-refractivity contribution < 1.29 is 9.90 Å². The number of carbonyl (C=O) groups excluding carboxylic acids is 1. The first kappa shape index (κ1) is 13.9. The van der Waals surface area contributed by atoms with Gasteiger partial charge in [-0.2, -0.15) is 0 Å². The summed E-state index contributed by atoms with van der Waals surface area (Å²) in [7, 11) is 0. The van der Waals surface area contributed by atoms with Gasteiger partial charge in [-0.15, -0.1) is 0 Å². The fourth-order valence-corrected chi connectivity index (χ4v) is 1.65. The molecule has 1 aromatic rings. The van der Waals surface area contributed by atoms with E-state index in [1.165, 1.54) is 6.20 Å². The molecule has 4 nitrogen and oxygen atoms in total. The summed E-state index contributed by atoms with van der Waals surface area (Å²) in [5, 5.41) is 11.8. The average molecular weight is 257 g/mol. The number of nitrogens with zero attached hydrogens (tertiary/aromatic N) is 1. The number of halogens is 1. The molecule has 0 aromatic carbocycles. The number of aliphatic hydroxyl groups excluding tert-OH is 1. The predicted molar refractivity (Wildman–Crippen MR) is 67.1 cm³/mol. The maximum Gasteiger partial charge on any atom is 0.252 e. The first-order valence-electron chi connectivity index (χ1n) is 5.74. The third-order valence-electron chi connectivity index (χ3n) is 2.39. The van der Waals surface area contributed by atoms with Crippen molar-refractivity contribution in [2.24, 2.45) is 0 Å². The molecule has 5 heteroatoms. The highest BCUT2D eigenvalue weighted by molar-refractivity contribution is 6.33. The van der Waals surface area contributed by atoms with Crippen molar-refractivity contribution in [2.75, 3.05) is 13.2 Å². The van der Waals surface area contributed by atoms with Crippen LogP contribution >= 0.6 is 11.6 Å². The highest BCUT2D eigenvalue weighted by Crippen LogP contribution is 2.12. The number of hydrogen-bond donors (Lipinski definition) is 2. The molecule has 0 aliphatic heterocycles. The topological polar surface area (TPSA) is 62.2 Å². The number of nitrogens with one attached hydrogen (secondary N) is 1. The standard InChI is InChI=1S/C12H17ClN2O2/c13-11-9-14-7-5-10(11)12(17)15-6-3-1-2-4-8-16/h5,7,9,16H,1-4,6,8H2,(H,15,17). The van der Waals surface area contributed by atoms with Crippen LogP contribution in [0.25, 0.3) is 0 Å². The van der Waals surface area contributed by atoms with E-state index in [0.29, 0.717) is 17.1 Å². The van der Waals surface area contributed by atoms with E-state index in [-0.39, 0.29) is 12.5 Å². The summed E-state index contributed by atoms with van der Waals surface area (Å²) >= 11 is 5.85. The van der Waals surface area contributed by atoms with Gasteiger partial charge in [0.1, 0.15) is 0 Å². The minimum Gasteiger partial charge on any atom is -0.396 e. The Kier molecular flexibility index (Phi) is 6.58. The van der Waals surface area contributed by atoms with Crippen LogP contribution in [0.5, 0.6) is 0 Å². The van der Waals surface area contributed by atoms with E-state index in [1.54, 1.807) is 12.3 Å². The van der Waals surface area contributed by atoms with Gasteiger partial charge in [0.2, 0.25) is 0 Å².